The summed E-state index contributed by atoms with van der Waals surface area (Å²) in [5, 5.41) is 0. The molecule has 0 aromatic heterocycles. The molecule has 5 unspecified atom stereocenters. The number of allylic oxidation sites excluding steroid dienone is 3. The molecule has 0 heterocycles. The number of hydrogen-bond donors (Lipinski definition) is 3. The third-order valence-corrected chi connectivity index (χ3v) is 13.5. The summed E-state index contributed by atoms with van der Waals surface area (Å²) in [7, 11) is -15.1. The van der Waals surface area contributed by atoms with Gasteiger partial charge in [-0.2, -0.15) is 25.3 Å². The normalized spacial score (nSPS) is 40.1. The minimum atomic E-state index is -5.11. The van der Waals surface area contributed by atoms with Crippen LogP contribution < -0.4 is 0 Å². The van der Waals surface area contributed by atoms with Crippen LogP contribution in [-0.4, -0.2) is 57.2 Å². The molecule has 4 aliphatic rings. The summed E-state index contributed by atoms with van der Waals surface area (Å²) < 4.78 is 115. The summed E-state index contributed by atoms with van der Waals surface area (Å²) in [6.45, 7) is 16.6. The van der Waals surface area contributed by atoms with Crippen LogP contribution in [0.15, 0.2) is 23.8 Å². The molecule has 12 nitrogen and oxygen atoms in total. The molecule has 0 spiro atoms. The number of fused-ring (bicyclic) bond motifs is 5. The van der Waals surface area contributed by atoms with Gasteiger partial charge in [0.2, 0.25) is 0 Å². The maximum atomic E-state index is 12.2. The molecular formula is C29H48O12S3. The first-order chi connectivity index (χ1) is 19.9. The van der Waals surface area contributed by atoms with Gasteiger partial charge >= 0.3 is 31.2 Å². The summed E-state index contributed by atoms with van der Waals surface area (Å²) in [6, 6.07) is 0. The van der Waals surface area contributed by atoms with E-state index in [9.17, 15) is 38.9 Å². The molecule has 44 heavy (non-hydrogen) atoms. The van der Waals surface area contributed by atoms with Crippen molar-refractivity contribution in [1.29, 1.82) is 0 Å². The molecule has 0 aromatic rings. The minimum absolute atomic E-state index is 0.102. The molecule has 0 aliphatic heterocycles. The van der Waals surface area contributed by atoms with Crippen molar-refractivity contribution in [3.8, 4) is 0 Å². The first-order valence-corrected chi connectivity index (χ1v) is 19.3. The highest BCUT2D eigenvalue weighted by molar-refractivity contribution is 7.81. The highest BCUT2D eigenvalue weighted by atomic mass is 32.3. The molecule has 3 fully saturated rings. The molecule has 0 aromatic carbocycles. The Morgan fingerprint density at radius 3 is 1.98 bits per heavy atom. The molecule has 4 rings (SSSR count). The van der Waals surface area contributed by atoms with Crippen molar-refractivity contribution in [2.24, 2.45) is 45.8 Å². The predicted octanol–water partition coefficient (Wildman–Crippen LogP) is 5.37. The molecule has 3 saturated carbocycles. The summed E-state index contributed by atoms with van der Waals surface area (Å²) in [4.78, 5) is 0. The average molecular weight is 685 g/mol. The van der Waals surface area contributed by atoms with Crippen LogP contribution in [0.5, 0.6) is 0 Å². The molecule has 0 radical (unpaired) electrons. The monoisotopic (exact) mass is 684 g/mol. The van der Waals surface area contributed by atoms with Crippen molar-refractivity contribution in [1.82, 2.24) is 0 Å². The van der Waals surface area contributed by atoms with Gasteiger partial charge in [-0.25, -0.2) is 12.5 Å². The lowest BCUT2D eigenvalue weighted by atomic mass is 9.42. The van der Waals surface area contributed by atoms with Gasteiger partial charge in [0.05, 0.1) is 6.10 Å². The van der Waals surface area contributed by atoms with Crippen molar-refractivity contribution in [3.63, 3.8) is 0 Å². The molecular weight excluding hydrogens is 637 g/mol. The lowest BCUT2D eigenvalue weighted by Crippen LogP contribution is -2.64. The van der Waals surface area contributed by atoms with Gasteiger partial charge in [0.15, 0.2) is 0 Å². The molecule has 15 heteroatoms. The van der Waals surface area contributed by atoms with Crippen LogP contribution in [0, 0.1) is 45.8 Å². The Morgan fingerprint density at radius 2 is 1.45 bits per heavy atom. The van der Waals surface area contributed by atoms with E-state index in [1.54, 1.807) is 6.92 Å². The van der Waals surface area contributed by atoms with Gasteiger partial charge in [0, 0.05) is 5.41 Å². The zero-order chi connectivity index (χ0) is 33.3. The third-order valence-electron chi connectivity index (χ3n) is 12.0. The van der Waals surface area contributed by atoms with E-state index in [1.807, 2.05) is 6.92 Å². The van der Waals surface area contributed by atoms with Crippen LogP contribution in [-0.2, 0) is 43.7 Å². The zero-order valence-electron chi connectivity index (χ0n) is 26.3. The van der Waals surface area contributed by atoms with Crippen molar-refractivity contribution >= 4 is 31.2 Å². The van der Waals surface area contributed by atoms with E-state index in [0.29, 0.717) is 17.8 Å². The molecule has 4 aliphatic carbocycles. The van der Waals surface area contributed by atoms with Crippen LogP contribution in [0.1, 0.15) is 92.9 Å². The SMILES string of the molecule is C=C(CC[C@@H](C)[C@H]1CCC2C3CC(OS(=O)(=O)O)[C@@]4(C)CC(OS(=O)(=O)O)C(OS(=O)(=O)O)C[C@]4(C)C3=CC[C@@]21C)C(C)C. The first-order valence-electron chi connectivity index (χ1n) is 15.3. The van der Waals surface area contributed by atoms with Gasteiger partial charge in [0.1, 0.15) is 12.2 Å². The summed E-state index contributed by atoms with van der Waals surface area (Å²) >= 11 is 0. The summed E-state index contributed by atoms with van der Waals surface area (Å²) in [6.07, 6.45) is 2.16. The Kier molecular flexibility index (Phi) is 9.77. The fourth-order valence-electron chi connectivity index (χ4n) is 9.48. The fraction of sp³-hybridized carbons (Fsp3) is 0.862. The maximum absolute atomic E-state index is 12.2. The molecule has 0 bridgehead atoms. The second-order valence-electron chi connectivity index (χ2n) is 14.6. The highest BCUT2D eigenvalue weighted by Crippen LogP contribution is 2.70. The Hall–Kier alpha value is -0.910. The quantitative estimate of drug-likeness (QED) is 0.187. The summed E-state index contributed by atoms with van der Waals surface area (Å²) in [5.74, 6) is 1.21. The van der Waals surface area contributed by atoms with Gasteiger partial charge in [0.25, 0.3) is 0 Å². The van der Waals surface area contributed by atoms with Gasteiger partial charge in [-0.05, 0) is 91.8 Å². The molecule has 0 saturated heterocycles. The largest absolute Gasteiger partial charge is 0.397 e. The van der Waals surface area contributed by atoms with E-state index >= 15 is 0 Å². The number of hydrogen-bond acceptors (Lipinski definition) is 9. The van der Waals surface area contributed by atoms with Gasteiger partial charge < -0.3 is 0 Å². The lowest BCUT2D eigenvalue weighted by Gasteiger charge is -2.64. The van der Waals surface area contributed by atoms with Crippen molar-refractivity contribution in [2.75, 3.05) is 0 Å². The first kappa shape index (κ1) is 35.9. The fourth-order valence-corrected chi connectivity index (χ4v) is 11.1. The van der Waals surface area contributed by atoms with E-state index in [2.05, 4.69) is 40.3 Å². The van der Waals surface area contributed by atoms with E-state index in [0.717, 1.165) is 37.7 Å². The van der Waals surface area contributed by atoms with E-state index in [1.165, 1.54) is 5.57 Å². The van der Waals surface area contributed by atoms with Gasteiger partial charge in [-0.15, -0.1) is 0 Å². The Bertz CT molecular complexity index is 1490. The van der Waals surface area contributed by atoms with Crippen LogP contribution in [0.4, 0.5) is 0 Å². The average Bonchev–Trinajstić information content (AvgIpc) is 3.19. The highest BCUT2D eigenvalue weighted by Gasteiger charge is 2.67. The van der Waals surface area contributed by atoms with Crippen molar-refractivity contribution in [2.45, 2.75) is 111 Å². The Balaban J connectivity index is 1.76. The standard InChI is InChI=1S/C29H48O12S3/c1-17(2)18(3)8-9-19(4)21-10-11-22-20-14-26(41-44(36,37)38)29(7)16-25(40-43(33,34)35)24(39-42(30,31)32)15-28(29,6)23(20)12-13-27(21,22)5/h12,17,19-22,24-26H,3,8-11,13-16H2,1-2,4-7H3,(H,30,31,32)(H,33,34,35)(H,36,37,38)/t19-,20?,21-,22?,24?,25?,26?,27-,28-,29-/m1/s1. The molecule has 254 valence electrons. The molecule has 3 N–H and O–H groups in total. The second-order valence-corrected chi connectivity index (χ2v) is 17.8. The zero-order valence-corrected chi connectivity index (χ0v) is 28.8. The Labute approximate surface area is 262 Å². The van der Waals surface area contributed by atoms with Crippen LogP contribution >= 0.6 is 0 Å². The predicted molar refractivity (Wildman–Crippen MR) is 162 cm³/mol. The third kappa shape index (κ3) is 7.01. The molecule has 0 amide bonds. The van der Waals surface area contributed by atoms with Crippen molar-refractivity contribution in [3.05, 3.63) is 23.8 Å². The van der Waals surface area contributed by atoms with Crippen LogP contribution in [0.2, 0.25) is 0 Å². The van der Waals surface area contributed by atoms with Crippen LogP contribution in [0.3, 0.4) is 0 Å². The smallest absolute Gasteiger partial charge is 0.264 e. The van der Waals surface area contributed by atoms with E-state index in [4.69, 9.17) is 12.5 Å². The number of rotatable bonds is 11. The maximum Gasteiger partial charge on any atom is 0.397 e. The topological polar surface area (TPSA) is 191 Å². The van der Waals surface area contributed by atoms with E-state index in [-0.39, 0.29) is 36.5 Å². The summed E-state index contributed by atoms with van der Waals surface area (Å²) in [5.41, 5.74) is -0.166. The Morgan fingerprint density at radius 1 is 0.909 bits per heavy atom. The van der Waals surface area contributed by atoms with Gasteiger partial charge in [-0.1, -0.05) is 65.3 Å². The van der Waals surface area contributed by atoms with Crippen LogP contribution in [0.25, 0.3) is 0 Å². The minimum Gasteiger partial charge on any atom is -0.264 e. The van der Waals surface area contributed by atoms with E-state index < -0.39 is 60.3 Å². The van der Waals surface area contributed by atoms with Gasteiger partial charge in [-0.3, -0.25) is 13.7 Å². The second kappa shape index (κ2) is 12.0. The van der Waals surface area contributed by atoms with Crippen molar-refractivity contribution < 1.29 is 51.5 Å². The lowest BCUT2D eigenvalue weighted by molar-refractivity contribution is -0.159. The molecule has 10 atom stereocenters.